The predicted octanol–water partition coefficient (Wildman–Crippen LogP) is 2.34. The average Bonchev–Trinajstić information content (AvgIpc) is 2.71. The number of hydrogen-bond donors (Lipinski definition) is 3. The zero-order valence-corrected chi connectivity index (χ0v) is 17.2. The maximum absolute atomic E-state index is 12.7. The number of rotatable bonds is 6. The summed E-state index contributed by atoms with van der Waals surface area (Å²) in [7, 11) is 0. The van der Waals surface area contributed by atoms with Gasteiger partial charge in [-0.15, -0.1) is 0 Å². The quantitative estimate of drug-likeness (QED) is 0.323. The molecule has 0 saturated heterocycles. The SMILES string of the molecule is CCCNCC(=O)Nc1ccc2cc3cc4c(cc3cc2c1)C(=O)C(C(N)=O)C(=O)C4. The third kappa shape index (κ3) is 4.04. The Morgan fingerprint density at radius 2 is 1.71 bits per heavy atom. The van der Waals surface area contributed by atoms with Gasteiger partial charge >= 0.3 is 0 Å². The van der Waals surface area contributed by atoms with E-state index < -0.39 is 23.4 Å². The number of Topliss-reactive ketones (excluding diaryl/α,β-unsaturated/α-hetero) is 2. The van der Waals surface area contributed by atoms with E-state index in [-0.39, 0.29) is 18.9 Å². The average molecular weight is 417 g/mol. The second-order valence-electron chi connectivity index (χ2n) is 7.84. The van der Waals surface area contributed by atoms with E-state index in [2.05, 4.69) is 10.6 Å². The van der Waals surface area contributed by atoms with Gasteiger partial charge in [0.1, 0.15) is 0 Å². The molecule has 0 bridgehead atoms. The minimum atomic E-state index is -1.41. The summed E-state index contributed by atoms with van der Waals surface area (Å²) >= 11 is 0. The third-order valence-corrected chi connectivity index (χ3v) is 5.51. The van der Waals surface area contributed by atoms with Crippen LogP contribution >= 0.6 is 0 Å². The lowest BCUT2D eigenvalue weighted by Gasteiger charge is -2.21. The largest absolute Gasteiger partial charge is 0.369 e. The molecule has 1 aliphatic rings. The summed E-state index contributed by atoms with van der Waals surface area (Å²) in [5, 5.41) is 9.51. The Balaban J connectivity index is 1.69. The van der Waals surface area contributed by atoms with Crippen molar-refractivity contribution in [2.45, 2.75) is 19.8 Å². The molecule has 0 fully saturated rings. The number of carbonyl (C=O) groups is 4. The van der Waals surface area contributed by atoms with Crippen molar-refractivity contribution in [1.82, 2.24) is 5.32 Å². The summed E-state index contributed by atoms with van der Waals surface area (Å²) in [5.74, 6) is -3.43. The molecule has 0 spiro atoms. The number of amides is 2. The van der Waals surface area contributed by atoms with Crippen molar-refractivity contribution in [3.05, 3.63) is 53.6 Å². The smallest absolute Gasteiger partial charge is 0.238 e. The van der Waals surface area contributed by atoms with Gasteiger partial charge in [-0.1, -0.05) is 13.0 Å². The van der Waals surface area contributed by atoms with E-state index in [9.17, 15) is 19.2 Å². The highest BCUT2D eigenvalue weighted by atomic mass is 16.2. The van der Waals surface area contributed by atoms with E-state index >= 15 is 0 Å². The van der Waals surface area contributed by atoms with Crippen LogP contribution in [-0.2, 0) is 20.8 Å². The highest BCUT2D eigenvalue weighted by Gasteiger charge is 2.38. The maximum Gasteiger partial charge on any atom is 0.238 e. The molecule has 4 N–H and O–H groups in total. The monoisotopic (exact) mass is 417 g/mol. The number of benzene rings is 3. The number of anilines is 1. The number of carbonyl (C=O) groups excluding carboxylic acids is 4. The minimum absolute atomic E-state index is 0.0136. The molecule has 1 atom stereocenters. The zero-order valence-electron chi connectivity index (χ0n) is 17.2. The van der Waals surface area contributed by atoms with Crippen molar-refractivity contribution in [2.24, 2.45) is 11.7 Å². The first kappa shape index (κ1) is 20.7. The first-order chi connectivity index (χ1) is 14.9. The summed E-state index contributed by atoms with van der Waals surface area (Å²) in [4.78, 5) is 48.5. The van der Waals surface area contributed by atoms with Crippen molar-refractivity contribution in [2.75, 3.05) is 18.4 Å². The molecule has 4 rings (SSSR count). The molecule has 7 nitrogen and oxygen atoms in total. The maximum atomic E-state index is 12.7. The Morgan fingerprint density at radius 1 is 1.00 bits per heavy atom. The first-order valence-electron chi connectivity index (χ1n) is 10.2. The van der Waals surface area contributed by atoms with E-state index in [1.54, 1.807) is 6.07 Å². The lowest BCUT2D eigenvalue weighted by atomic mass is 9.80. The van der Waals surface area contributed by atoms with Gasteiger partial charge < -0.3 is 16.4 Å². The second kappa shape index (κ2) is 8.28. The van der Waals surface area contributed by atoms with Crippen LogP contribution in [0, 0.1) is 5.92 Å². The van der Waals surface area contributed by atoms with Gasteiger partial charge in [-0.2, -0.15) is 0 Å². The molecule has 1 unspecified atom stereocenters. The van der Waals surface area contributed by atoms with Gasteiger partial charge in [0.25, 0.3) is 0 Å². The molecule has 3 aromatic carbocycles. The van der Waals surface area contributed by atoms with Crippen LogP contribution in [0.5, 0.6) is 0 Å². The number of fused-ring (bicyclic) bond motifs is 3. The Bertz CT molecular complexity index is 1250. The van der Waals surface area contributed by atoms with Crippen molar-refractivity contribution < 1.29 is 19.2 Å². The van der Waals surface area contributed by atoms with Crippen molar-refractivity contribution >= 4 is 50.6 Å². The van der Waals surface area contributed by atoms with E-state index in [1.807, 2.05) is 43.3 Å². The van der Waals surface area contributed by atoms with Gasteiger partial charge in [0.2, 0.25) is 11.8 Å². The summed E-state index contributed by atoms with van der Waals surface area (Å²) in [6.45, 7) is 3.06. The molecule has 3 aromatic rings. The molecule has 0 radical (unpaired) electrons. The fraction of sp³-hybridized carbons (Fsp3) is 0.250. The van der Waals surface area contributed by atoms with Crippen LogP contribution in [0.3, 0.4) is 0 Å². The van der Waals surface area contributed by atoms with E-state index in [0.717, 1.165) is 34.5 Å². The third-order valence-electron chi connectivity index (χ3n) is 5.51. The number of primary amides is 1. The summed E-state index contributed by atoms with van der Waals surface area (Å²) in [6, 6.07) is 13.1. The number of nitrogens with two attached hydrogens (primary N) is 1. The summed E-state index contributed by atoms with van der Waals surface area (Å²) < 4.78 is 0. The van der Waals surface area contributed by atoms with Crippen LogP contribution in [0.25, 0.3) is 21.5 Å². The minimum Gasteiger partial charge on any atom is -0.369 e. The standard InChI is InChI=1S/C24H23N3O4/c1-2-5-26-12-21(29)27-18-4-3-13-6-14-8-17-11-20(28)22(24(25)31)23(30)19(17)10-16(14)7-15(13)9-18/h3-4,6-10,22,26H,2,5,11-12H2,1H3,(H2,25,31)(H,27,29). The van der Waals surface area contributed by atoms with Gasteiger partial charge in [0.05, 0.1) is 6.54 Å². The highest BCUT2D eigenvalue weighted by Crippen LogP contribution is 2.31. The number of ketones is 2. The normalized spacial score (nSPS) is 15.8. The van der Waals surface area contributed by atoms with Crippen LogP contribution in [0.2, 0.25) is 0 Å². The second-order valence-corrected chi connectivity index (χ2v) is 7.84. The molecule has 0 saturated carbocycles. The Morgan fingerprint density at radius 3 is 2.45 bits per heavy atom. The van der Waals surface area contributed by atoms with Crippen LogP contribution in [0.15, 0.2) is 42.5 Å². The van der Waals surface area contributed by atoms with Crippen LogP contribution in [0.4, 0.5) is 5.69 Å². The molecule has 31 heavy (non-hydrogen) atoms. The van der Waals surface area contributed by atoms with E-state index in [4.69, 9.17) is 5.73 Å². The number of nitrogens with one attached hydrogen (secondary N) is 2. The van der Waals surface area contributed by atoms with Crippen LogP contribution in [0.1, 0.15) is 29.3 Å². The Labute approximate surface area is 179 Å². The van der Waals surface area contributed by atoms with Crippen molar-refractivity contribution in [3.8, 4) is 0 Å². The van der Waals surface area contributed by atoms with Gasteiger partial charge in [-0.3, -0.25) is 19.2 Å². The lowest BCUT2D eigenvalue weighted by molar-refractivity contribution is -0.130. The number of hydrogen-bond acceptors (Lipinski definition) is 5. The van der Waals surface area contributed by atoms with Crippen molar-refractivity contribution in [1.29, 1.82) is 0 Å². The molecule has 2 amide bonds. The molecular formula is C24H23N3O4. The van der Waals surface area contributed by atoms with E-state index in [1.165, 1.54) is 0 Å². The van der Waals surface area contributed by atoms with Crippen LogP contribution < -0.4 is 16.4 Å². The van der Waals surface area contributed by atoms with Crippen molar-refractivity contribution in [3.63, 3.8) is 0 Å². The van der Waals surface area contributed by atoms with Gasteiger partial charge in [0.15, 0.2) is 17.5 Å². The van der Waals surface area contributed by atoms with Crippen LogP contribution in [-0.4, -0.2) is 36.5 Å². The lowest BCUT2D eigenvalue weighted by Crippen LogP contribution is -2.41. The summed E-state index contributed by atoms with van der Waals surface area (Å²) in [5.41, 5.74) is 6.93. The molecule has 0 heterocycles. The molecule has 0 aliphatic heterocycles. The molecule has 0 aromatic heterocycles. The predicted molar refractivity (Wildman–Crippen MR) is 119 cm³/mol. The topological polar surface area (TPSA) is 118 Å². The molecule has 1 aliphatic carbocycles. The summed E-state index contributed by atoms with van der Waals surface area (Å²) in [6.07, 6.45) is 0.969. The van der Waals surface area contributed by atoms with Gasteiger partial charge in [-0.05, 0) is 76.5 Å². The molecule has 158 valence electrons. The zero-order chi connectivity index (χ0) is 22.1. The fourth-order valence-corrected chi connectivity index (χ4v) is 4.01. The fourth-order valence-electron chi connectivity index (χ4n) is 4.01. The van der Waals surface area contributed by atoms with Gasteiger partial charge in [0, 0.05) is 17.7 Å². The Hall–Kier alpha value is -3.58. The highest BCUT2D eigenvalue weighted by molar-refractivity contribution is 6.27. The van der Waals surface area contributed by atoms with E-state index in [0.29, 0.717) is 16.8 Å². The first-order valence-corrected chi connectivity index (χ1v) is 10.2. The molecular weight excluding hydrogens is 394 g/mol. The Kier molecular flexibility index (Phi) is 5.52. The molecule has 7 heteroatoms. The van der Waals surface area contributed by atoms with Gasteiger partial charge in [-0.25, -0.2) is 0 Å².